The predicted molar refractivity (Wildman–Crippen MR) is 113 cm³/mol. The standard InChI is InChI=1S/C23H16N2O2S/c26-22(17-8-9-28-13-17)25-18-7-6-14-10-16(5-4-15(14)11-18)19-2-1-3-20-21(19)12-24-23(20)27/h1-11,13H,12H2,(H,24,27)(H,25,26). The third kappa shape index (κ3) is 2.86. The van der Waals surface area contributed by atoms with E-state index in [1.54, 1.807) is 0 Å². The first-order chi connectivity index (χ1) is 13.7. The van der Waals surface area contributed by atoms with Gasteiger partial charge in [-0.15, -0.1) is 0 Å². The van der Waals surface area contributed by atoms with Crippen molar-refractivity contribution in [3.05, 3.63) is 88.1 Å². The third-order valence-corrected chi connectivity index (χ3v) is 5.72. The number of carbonyl (C=O) groups excluding carboxylic acids is 2. The van der Waals surface area contributed by atoms with Crippen LogP contribution >= 0.6 is 11.3 Å². The molecule has 3 aromatic carbocycles. The van der Waals surface area contributed by atoms with E-state index in [9.17, 15) is 9.59 Å². The summed E-state index contributed by atoms with van der Waals surface area (Å²) in [4.78, 5) is 24.2. The lowest BCUT2D eigenvalue weighted by molar-refractivity contribution is 0.0964. The summed E-state index contributed by atoms with van der Waals surface area (Å²) in [5, 5.41) is 11.7. The quantitative estimate of drug-likeness (QED) is 0.518. The van der Waals surface area contributed by atoms with Crippen LogP contribution in [0.1, 0.15) is 26.3 Å². The van der Waals surface area contributed by atoms with Crippen LogP contribution in [-0.2, 0) is 6.54 Å². The van der Waals surface area contributed by atoms with Gasteiger partial charge in [-0.3, -0.25) is 9.59 Å². The molecule has 4 nitrogen and oxygen atoms in total. The molecular formula is C23H16N2O2S. The van der Waals surface area contributed by atoms with Gasteiger partial charge in [-0.1, -0.05) is 30.3 Å². The van der Waals surface area contributed by atoms with Crippen LogP contribution in [0.5, 0.6) is 0 Å². The lowest BCUT2D eigenvalue weighted by atomic mass is 9.95. The fourth-order valence-electron chi connectivity index (χ4n) is 3.61. The molecule has 0 unspecified atom stereocenters. The van der Waals surface area contributed by atoms with Crippen molar-refractivity contribution in [2.75, 3.05) is 5.32 Å². The minimum atomic E-state index is -0.103. The molecule has 2 N–H and O–H groups in total. The Balaban J connectivity index is 1.48. The molecule has 5 rings (SSSR count). The van der Waals surface area contributed by atoms with E-state index in [1.807, 2.05) is 47.2 Å². The molecule has 4 aromatic rings. The zero-order chi connectivity index (χ0) is 19.1. The molecule has 0 atom stereocenters. The molecule has 0 bridgehead atoms. The van der Waals surface area contributed by atoms with Gasteiger partial charge < -0.3 is 10.6 Å². The summed E-state index contributed by atoms with van der Waals surface area (Å²) in [6.07, 6.45) is 0. The van der Waals surface area contributed by atoms with Crippen molar-refractivity contribution in [2.24, 2.45) is 0 Å². The molecule has 2 heterocycles. The summed E-state index contributed by atoms with van der Waals surface area (Å²) >= 11 is 1.50. The van der Waals surface area contributed by atoms with Crippen molar-refractivity contribution >= 4 is 39.6 Å². The second-order valence-corrected chi connectivity index (χ2v) is 7.54. The lowest BCUT2D eigenvalue weighted by Crippen LogP contribution is -2.12. The number of rotatable bonds is 3. The molecule has 1 aliphatic rings. The summed E-state index contributed by atoms with van der Waals surface area (Å²) in [5.74, 6) is -0.113. The second kappa shape index (κ2) is 6.62. The Kier molecular flexibility index (Phi) is 3.95. The minimum absolute atomic E-state index is 0.0105. The van der Waals surface area contributed by atoms with Gasteiger partial charge in [0.2, 0.25) is 0 Å². The monoisotopic (exact) mass is 384 g/mol. The van der Waals surface area contributed by atoms with Crippen molar-refractivity contribution in [2.45, 2.75) is 6.54 Å². The van der Waals surface area contributed by atoms with Gasteiger partial charge in [0, 0.05) is 23.2 Å². The van der Waals surface area contributed by atoms with Crippen LogP contribution in [0.2, 0.25) is 0 Å². The third-order valence-electron chi connectivity index (χ3n) is 5.04. The largest absolute Gasteiger partial charge is 0.348 e. The first-order valence-electron chi connectivity index (χ1n) is 8.97. The Hall–Kier alpha value is -3.44. The van der Waals surface area contributed by atoms with Crippen LogP contribution in [0.3, 0.4) is 0 Å². The van der Waals surface area contributed by atoms with Crippen LogP contribution in [0.4, 0.5) is 5.69 Å². The number of benzene rings is 3. The molecule has 5 heteroatoms. The molecule has 0 saturated carbocycles. The molecule has 1 aliphatic heterocycles. The molecular weight excluding hydrogens is 368 g/mol. The molecule has 136 valence electrons. The summed E-state index contributed by atoms with van der Waals surface area (Å²) in [5.41, 5.74) is 5.40. The van der Waals surface area contributed by atoms with Gasteiger partial charge >= 0.3 is 0 Å². The number of hydrogen-bond donors (Lipinski definition) is 2. The van der Waals surface area contributed by atoms with Crippen molar-refractivity contribution < 1.29 is 9.59 Å². The average molecular weight is 384 g/mol. The molecule has 1 aromatic heterocycles. The zero-order valence-electron chi connectivity index (χ0n) is 14.9. The fraction of sp³-hybridized carbons (Fsp3) is 0.0435. The number of thiophene rings is 1. The Morgan fingerprint density at radius 2 is 1.79 bits per heavy atom. The normalized spacial score (nSPS) is 12.6. The maximum Gasteiger partial charge on any atom is 0.256 e. The van der Waals surface area contributed by atoms with Crippen LogP contribution < -0.4 is 10.6 Å². The highest BCUT2D eigenvalue weighted by molar-refractivity contribution is 7.08. The number of amides is 2. The number of anilines is 1. The van der Waals surface area contributed by atoms with Crippen molar-refractivity contribution in [3.8, 4) is 11.1 Å². The smallest absolute Gasteiger partial charge is 0.256 e. The first kappa shape index (κ1) is 16.7. The maximum atomic E-state index is 12.2. The van der Waals surface area contributed by atoms with Crippen molar-refractivity contribution in [1.82, 2.24) is 5.32 Å². The van der Waals surface area contributed by atoms with Gasteiger partial charge in [0.15, 0.2) is 0 Å². The lowest BCUT2D eigenvalue weighted by Gasteiger charge is -2.10. The Labute approximate surface area is 165 Å². The van der Waals surface area contributed by atoms with Gasteiger partial charge in [-0.2, -0.15) is 11.3 Å². The molecule has 0 saturated heterocycles. The SMILES string of the molecule is O=C(Nc1ccc2cc(-c3cccc4c3CNC4=O)ccc2c1)c1ccsc1. The van der Waals surface area contributed by atoms with E-state index in [4.69, 9.17) is 0 Å². The maximum absolute atomic E-state index is 12.2. The summed E-state index contributed by atoms with van der Waals surface area (Å²) in [7, 11) is 0. The van der Waals surface area contributed by atoms with Crippen molar-refractivity contribution in [3.63, 3.8) is 0 Å². The summed E-state index contributed by atoms with van der Waals surface area (Å²) < 4.78 is 0. The molecule has 0 fully saturated rings. The van der Waals surface area contributed by atoms with Gasteiger partial charge in [0.05, 0.1) is 5.56 Å². The van der Waals surface area contributed by atoms with E-state index in [0.717, 1.165) is 38.7 Å². The first-order valence-corrected chi connectivity index (χ1v) is 9.91. The van der Waals surface area contributed by atoms with Gasteiger partial charge in [-0.05, 0) is 63.2 Å². The molecule has 0 spiro atoms. The van der Waals surface area contributed by atoms with Crippen LogP contribution in [0.15, 0.2) is 71.4 Å². The second-order valence-electron chi connectivity index (χ2n) is 6.76. The van der Waals surface area contributed by atoms with E-state index in [2.05, 4.69) is 34.9 Å². The molecule has 0 aliphatic carbocycles. The van der Waals surface area contributed by atoms with E-state index < -0.39 is 0 Å². The molecule has 0 radical (unpaired) electrons. The van der Waals surface area contributed by atoms with Crippen LogP contribution in [-0.4, -0.2) is 11.8 Å². The number of hydrogen-bond acceptors (Lipinski definition) is 3. The van der Waals surface area contributed by atoms with Crippen LogP contribution in [0.25, 0.3) is 21.9 Å². The minimum Gasteiger partial charge on any atom is -0.348 e. The highest BCUT2D eigenvalue weighted by Crippen LogP contribution is 2.32. The zero-order valence-corrected chi connectivity index (χ0v) is 15.7. The van der Waals surface area contributed by atoms with E-state index in [0.29, 0.717) is 12.1 Å². The summed E-state index contributed by atoms with van der Waals surface area (Å²) in [6.45, 7) is 0.565. The van der Waals surface area contributed by atoms with E-state index in [1.165, 1.54) is 11.3 Å². The number of nitrogens with one attached hydrogen (secondary N) is 2. The topological polar surface area (TPSA) is 58.2 Å². The van der Waals surface area contributed by atoms with Crippen LogP contribution in [0, 0.1) is 0 Å². The Morgan fingerprint density at radius 3 is 2.64 bits per heavy atom. The highest BCUT2D eigenvalue weighted by atomic mass is 32.1. The summed E-state index contributed by atoms with van der Waals surface area (Å²) in [6, 6.07) is 19.8. The van der Waals surface area contributed by atoms with Gasteiger partial charge in [-0.25, -0.2) is 0 Å². The number of carbonyl (C=O) groups is 2. The van der Waals surface area contributed by atoms with Gasteiger partial charge in [0.1, 0.15) is 0 Å². The molecule has 28 heavy (non-hydrogen) atoms. The Morgan fingerprint density at radius 1 is 0.964 bits per heavy atom. The molecule has 2 amide bonds. The van der Waals surface area contributed by atoms with E-state index in [-0.39, 0.29) is 11.8 Å². The number of fused-ring (bicyclic) bond motifs is 2. The Bertz CT molecular complexity index is 1230. The predicted octanol–water partition coefficient (Wildman–Crippen LogP) is 5.06. The fourth-order valence-corrected chi connectivity index (χ4v) is 4.25. The van der Waals surface area contributed by atoms with Gasteiger partial charge in [0.25, 0.3) is 11.8 Å². The average Bonchev–Trinajstić information content (AvgIpc) is 3.38. The highest BCUT2D eigenvalue weighted by Gasteiger charge is 2.21. The van der Waals surface area contributed by atoms with Crippen molar-refractivity contribution in [1.29, 1.82) is 0 Å². The van der Waals surface area contributed by atoms with E-state index >= 15 is 0 Å².